The molecule has 154 valence electrons. The van der Waals surface area contributed by atoms with Gasteiger partial charge in [-0.25, -0.2) is 4.79 Å². The van der Waals surface area contributed by atoms with Crippen molar-refractivity contribution in [3.05, 3.63) is 41.5 Å². The Hall–Kier alpha value is -3.27. The number of allylic oxidation sites excluding steroid dienone is 1. The summed E-state index contributed by atoms with van der Waals surface area (Å²) in [5.74, 6) is -0.0413. The number of nitrogens with zero attached hydrogens (tertiary/aromatic N) is 1. The zero-order valence-electron chi connectivity index (χ0n) is 16.6. The Labute approximate surface area is 170 Å². The first-order valence-corrected chi connectivity index (χ1v) is 9.59. The summed E-state index contributed by atoms with van der Waals surface area (Å²) in [6.07, 6.45) is 10.6. The van der Waals surface area contributed by atoms with Crippen LogP contribution in [0.1, 0.15) is 37.7 Å². The van der Waals surface area contributed by atoms with E-state index in [4.69, 9.17) is 19.5 Å². The van der Waals surface area contributed by atoms with Crippen molar-refractivity contribution in [1.82, 2.24) is 5.32 Å². The third kappa shape index (κ3) is 8.09. The molecule has 0 bridgehead atoms. The van der Waals surface area contributed by atoms with Gasteiger partial charge in [-0.15, -0.1) is 0 Å². The van der Waals surface area contributed by atoms with Crippen LogP contribution in [-0.4, -0.2) is 38.7 Å². The van der Waals surface area contributed by atoms with E-state index in [9.17, 15) is 9.59 Å². The molecule has 1 aromatic rings. The van der Waals surface area contributed by atoms with Gasteiger partial charge in [0.15, 0.2) is 24.7 Å². The van der Waals surface area contributed by atoms with Crippen molar-refractivity contribution < 1.29 is 23.8 Å². The van der Waals surface area contributed by atoms with Crippen LogP contribution in [0.4, 0.5) is 0 Å². The summed E-state index contributed by atoms with van der Waals surface area (Å²) < 4.78 is 15.4. The van der Waals surface area contributed by atoms with Gasteiger partial charge in [0.2, 0.25) is 0 Å². The molecule has 0 heterocycles. The predicted octanol–water partition coefficient (Wildman–Crippen LogP) is 3.16. The molecule has 2 rings (SSSR count). The number of hydrogen-bond donors (Lipinski definition) is 1. The van der Waals surface area contributed by atoms with Crippen LogP contribution in [0.2, 0.25) is 0 Å². The minimum atomic E-state index is -0.612. The Bertz CT molecular complexity index is 808. The van der Waals surface area contributed by atoms with Gasteiger partial charge >= 0.3 is 5.97 Å². The van der Waals surface area contributed by atoms with Crippen LogP contribution in [0.25, 0.3) is 6.08 Å². The molecular formula is C22H26N2O5. The molecule has 0 saturated heterocycles. The van der Waals surface area contributed by atoms with E-state index in [0.717, 1.165) is 19.3 Å². The fourth-order valence-corrected chi connectivity index (χ4v) is 2.91. The van der Waals surface area contributed by atoms with Gasteiger partial charge in [0, 0.05) is 12.6 Å². The van der Waals surface area contributed by atoms with Crippen LogP contribution < -0.4 is 14.8 Å². The summed E-state index contributed by atoms with van der Waals surface area (Å²) >= 11 is 0. The van der Waals surface area contributed by atoms with Gasteiger partial charge in [-0.3, -0.25) is 4.79 Å². The highest BCUT2D eigenvalue weighted by atomic mass is 16.5. The minimum absolute atomic E-state index is 0.0858. The number of benzene rings is 1. The Morgan fingerprint density at radius 3 is 2.86 bits per heavy atom. The summed E-state index contributed by atoms with van der Waals surface area (Å²) in [4.78, 5) is 23.6. The molecule has 0 atom stereocenters. The Balaban J connectivity index is 1.73. The van der Waals surface area contributed by atoms with Crippen LogP contribution in [0, 0.1) is 11.3 Å². The van der Waals surface area contributed by atoms with Gasteiger partial charge in [-0.1, -0.05) is 17.7 Å². The molecule has 0 aliphatic heterocycles. The lowest BCUT2D eigenvalue weighted by Gasteiger charge is -2.12. The number of esters is 1. The van der Waals surface area contributed by atoms with Gasteiger partial charge in [0.05, 0.1) is 7.11 Å². The van der Waals surface area contributed by atoms with E-state index in [0.29, 0.717) is 23.6 Å². The van der Waals surface area contributed by atoms with Gasteiger partial charge in [0.25, 0.3) is 5.91 Å². The van der Waals surface area contributed by atoms with Crippen molar-refractivity contribution in [2.45, 2.75) is 32.1 Å². The van der Waals surface area contributed by atoms with Crippen LogP contribution in [0.15, 0.2) is 35.9 Å². The van der Waals surface area contributed by atoms with E-state index in [-0.39, 0.29) is 19.1 Å². The third-order valence-corrected chi connectivity index (χ3v) is 4.39. The summed E-state index contributed by atoms with van der Waals surface area (Å²) in [6.45, 7) is 0.155. The molecule has 0 fully saturated rings. The van der Waals surface area contributed by atoms with Crippen molar-refractivity contribution >= 4 is 18.0 Å². The second-order valence-electron chi connectivity index (χ2n) is 6.51. The normalized spacial score (nSPS) is 13.3. The second kappa shape index (κ2) is 12.2. The fraction of sp³-hybridized carbons (Fsp3) is 0.409. The van der Waals surface area contributed by atoms with Crippen molar-refractivity contribution in [2.24, 2.45) is 0 Å². The molecule has 0 saturated carbocycles. The van der Waals surface area contributed by atoms with Gasteiger partial charge < -0.3 is 19.5 Å². The Morgan fingerprint density at radius 1 is 1.28 bits per heavy atom. The monoisotopic (exact) mass is 398 g/mol. The number of nitrogens with one attached hydrogen (secondary N) is 1. The number of carbonyl (C=O) groups is 2. The smallest absolute Gasteiger partial charge is 0.331 e. The highest BCUT2D eigenvalue weighted by Crippen LogP contribution is 2.28. The van der Waals surface area contributed by atoms with Crippen molar-refractivity contribution in [3.8, 4) is 17.6 Å². The molecule has 0 radical (unpaired) electrons. The van der Waals surface area contributed by atoms with E-state index in [1.54, 1.807) is 24.3 Å². The molecular weight excluding hydrogens is 372 g/mol. The minimum Gasteiger partial charge on any atom is -0.493 e. The standard InChI is InChI=1S/C22H26N2O5/c1-27-20-15-18(7-9-19(20)28-14-12-23)8-10-22(26)29-16-21(25)24-13-11-17-5-3-2-4-6-17/h5,7-10,15H,2-4,6,11,13-14,16H2,1H3,(H,24,25)/b10-8+. The predicted molar refractivity (Wildman–Crippen MR) is 108 cm³/mol. The number of rotatable bonds is 10. The average molecular weight is 398 g/mol. The summed E-state index contributed by atoms with van der Waals surface area (Å²) in [5.41, 5.74) is 2.07. The number of methoxy groups -OCH3 is 1. The first-order chi connectivity index (χ1) is 14.1. The van der Waals surface area contributed by atoms with Crippen molar-refractivity contribution in [3.63, 3.8) is 0 Å². The zero-order chi connectivity index (χ0) is 20.9. The van der Waals surface area contributed by atoms with Gasteiger partial charge in [-0.2, -0.15) is 5.26 Å². The number of amides is 1. The lowest BCUT2D eigenvalue weighted by atomic mass is 9.97. The number of ether oxygens (including phenoxy) is 3. The number of nitriles is 1. The average Bonchev–Trinajstić information content (AvgIpc) is 2.75. The molecule has 1 amide bonds. The molecule has 1 aliphatic carbocycles. The van der Waals surface area contributed by atoms with E-state index < -0.39 is 5.97 Å². The molecule has 1 aromatic carbocycles. The SMILES string of the molecule is COc1cc(/C=C/C(=O)OCC(=O)NCCC2=CCCCC2)ccc1OCC#N. The lowest BCUT2D eigenvalue weighted by Crippen LogP contribution is -2.29. The maximum atomic E-state index is 11.8. The first-order valence-electron chi connectivity index (χ1n) is 9.59. The quantitative estimate of drug-likeness (QED) is 0.369. The highest BCUT2D eigenvalue weighted by Gasteiger charge is 2.08. The van der Waals surface area contributed by atoms with Crippen LogP contribution in [0.5, 0.6) is 11.5 Å². The maximum absolute atomic E-state index is 11.8. The maximum Gasteiger partial charge on any atom is 0.331 e. The molecule has 0 spiro atoms. The lowest BCUT2D eigenvalue weighted by molar-refractivity contribution is -0.143. The number of hydrogen-bond acceptors (Lipinski definition) is 6. The highest BCUT2D eigenvalue weighted by molar-refractivity contribution is 5.89. The molecule has 1 N–H and O–H groups in total. The first kappa shape index (κ1) is 22.0. The van der Waals surface area contributed by atoms with Crippen molar-refractivity contribution in [1.29, 1.82) is 5.26 Å². The number of carbonyl (C=O) groups excluding carboxylic acids is 2. The van der Waals surface area contributed by atoms with Gasteiger partial charge in [-0.05, 0) is 55.9 Å². The fourth-order valence-electron chi connectivity index (χ4n) is 2.91. The van der Waals surface area contributed by atoms with Crippen LogP contribution in [0.3, 0.4) is 0 Å². The molecule has 7 nitrogen and oxygen atoms in total. The van der Waals surface area contributed by atoms with Crippen LogP contribution >= 0.6 is 0 Å². The topological polar surface area (TPSA) is 97.7 Å². The van der Waals surface area contributed by atoms with E-state index in [2.05, 4.69) is 11.4 Å². The summed E-state index contributed by atoms with van der Waals surface area (Å²) in [6, 6.07) is 6.92. The molecule has 7 heteroatoms. The second-order valence-corrected chi connectivity index (χ2v) is 6.51. The zero-order valence-corrected chi connectivity index (χ0v) is 16.6. The molecule has 29 heavy (non-hydrogen) atoms. The van der Waals surface area contributed by atoms with Gasteiger partial charge in [0.1, 0.15) is 6.07 Å². The van der Waals surface area contributed by atoms with Crippen molar-refractivity contribution in [2.75, 3.05) is 26.9 Å². The van der Waals surface area contributed by atoms with Crippen LogP contribution in [-0.2, 0) is 14.3 Å². The summed E-state index contributed by atoms with van der Waals surface area (Å²) in [7, 11) is 1.49. The third-order valence-electron chi connectivity index (χ3n) is 4.39. The molecule has 1 aliphatic rings. The van der Waals surface area contributed by atoms with E-state index in [1.807, 2.05) is 6.07 Å². The van der Waals surface area contributed by atoms with E-state index in [1.165, 1.54) is 31.6 Å². The Kier molecular flexibility index (Phi) is 9.30. The molecule has 0 unspecified atom stereocenters. The Morgan fingerprint density at radius 2 is 2.14 bits per heavy atom. The summed E-state index contributed by atoms with van der Waals surface area (Å²) in [5, 5.41) is 11.3. The van der Waals surface area contributed by atoms with E-state index >= 15 is 0 Å². The largest absolute Gasteiger partial charge is 0.493 e. The molecule has 0 aromatic heterocycles.